The minimum absolute atomic E-state index is 0.0000378. The molecule has 0 bridgehead atoms. The van der Waals surface area contributed by atoms with Crippen LogP contribution in [0.5, 0.6) is 0 Å². The SMILES string of the molecule is O=C1CCC(=O)N1CC1CN(S(=O)(=O)c2cccc(Cl)c2)C1. The first kappa shape index (κ1) is 15.5. The Morgan fingerprint density at radius 2 is 1.77 bits per heavy atom. The second-order valence-corrected chi connectivity index (χ2v) is 7.92. The smallest absolute Gasteiger partial charge is 0.243 e. The summed E-state index contributed by atoms with van der Waals surface area (Å²) in [5.74, 6) is -0.331. The summed E-state index contributed by atoms with van der Waals surface area (Å²) < 4.78 is 26.1. The van der Waals surface area contributed by atoms with Gasteiger partial charge in [0.25, 0.3) is 0 Å². The molecule has 2 heterocycles. The molecule has 2 aliphatic rings. The van der Waals surface area contributed by atoms with Crippen LogP contribution in [0.3, 0.4) is 0 Å². The molecule has 0 aliphatic carbocycles. The van der Waals surface area contributed by atoms with Gasteiger partial charge < -0.3 is 0 Å². The van der Waals surface area contributed by atoms with Gasteiger partial charge in [0.2, 0.25) is 21.8 Å². The van der Waals surface area contributed by atoms with Gasteiger partial charge in [-0.25, -0.2) is 8.42 Å². The molecular formula is C14H15ClN2O4S. The molecule has 3 rings (SSSR count). The molecule has 118 valence electrons. The summed E-state index contributed by atoms with van der Waals surface area (Å²) in [7, 11) is -3.56. The van der Waals surface area contributed by atoms with Crippen LogP contribution in [0.2, 0.25) is 5.02 Å². The number of sulfonamides is 1. The van der Waals surface area contributed by atoms with Gasteiger partial charge in [0.05, 0.1) is 4.90 Å². The summed E-state index contributed by atoms with van der Waals surface area (Å²) in [5, 5.41) is 0.367. The lowest BCUT2D eigenvalue weighted by atomic mass is 10.0. The van der Waals surface area contributed by atoms with Crippen molar-refractivity contribution < 1.29 is 18.0 Å². The van der Waals surface area contributed by atoms with Gasteiger partial charge in [-0.1, -0.05) is 17.7 Å². The number of likely N-dealkylation sites (tertiary alicyclic amines) is 1. The van der Waals surface area contributed by atoms with Crippen molar-refractivity contribution in [1.82, 2.24) is 9.21 Å². The summed E-state index contributed by atoms with van der Waals surface area (Å²) in [6.45, 7) is 0.928. The summed E-state index contributed by atoms with van der Waals surface area (Å²) >= 11 is 5.83. The van der Waals surface area contributed by atoms with Crippen LogP contribution < -0.4 is 0 Å². The van der Waals surface area contributed by atoms with E-state index in [0.29, 0.717) is 24.7 Å². The van der Waals surface area contributed by atoms with E-state index in [9.17, 15) is 18.0 Å². The lowest BCUT2D eigenvalue weighted by molar-refractivity contribution is -0.139. The Kier molecular flexibility index (Phi) is 3.96. The molecule has 6 nitrogen and oxygen atoms in total. The number of rotatable bonds is 4. The maximum absolute atomic E-state index is 12.4. The Balaban J connectivity index is 1.63. The van der Waals surface area contributed by atoms with Gasteiger partial charge in [-0.3, -0.25) is 14.5 Å². The molecule has 2 aliphatic heterocycles. The fourth-order valence-corrected chi connectivity index (χ4v) is 4.59. The Labute approximate surface area is 133 Å². The average molecular weight is 343 g/mol. The summed E-state index contributed by atoms with van der Waals surface area (Å²) in [4.78, 5) is 24.5. The van der Waals surface area contributed by atoms with E-state index in [0.717, 1.165) is 0 Å². The highest BCUT2D eigenvalue weighted by atomic mass is 35.5. The van der Waals surface area contributed by atoms with Gasteiger partial charge in [0, 0.05) is 43.4 Å². The third kappa shape index (κ3) is 2.76. The molecule has 0 atom stereocenters. The third-order valence-corrected chi connectivity index (χ3v) is 6.02. The van der Waals surface area contributed by atoms with Crippen LogP contribution >= 0.6 is 11.6 Å². The second kappa shape index (κ2) is 5.64. The molecule has 1 aromatic carbocycles. The zero-order valence-electron chi connectivity index (χ0n) is 11.7. The molecule has 2 amide bonds. The van der Waals surface area contributed by atoms with Gasteiger partial charge in [-0.05, 0) is 18.2 Å². The standard InChI is InChI=1S/C14H15ClN2O4S/c15-11-2-1-3-12(6-11)22(20,21)16-7-10(8-16)9-17-13(18)4-5-14(17)19/h1-3,6,10H,4-5,7-9H2. The predicted octanol–water partition coefficient (Wildman–Crippen LogP) is 1.11. The monoisotopic (exact) mass is 342 g/mol. The fourth-order valence-electron chi connectivity index (χ4n) is 2.70. The lowest BCUT2D eigenvalue weighted by Gasteiger charge is -2.39. The number of hydrogen-bond acceptors (Lipinski definition) is 4. The van der Waals surface area contributed by atoms with Crippen molar-refractivity contribution >= 4 is 33.4 Å². The van der Waals surface area contributed by atoms with Crippen molar-refractivity contribution in [1.29, 1.82) is 0 Å². The highest BCUT2D eigenvalue weighted by molar-refractivity contribution is 7.89. The highest BCUT2D eigenvalue weighted by Gasteiger charge is 2.40. The van der Waals surface area contributed by atoms with Crippen molar-refractivity contribution in [3.8, 4) is 0 Å². The van der Waals surface area contributed by atoms with Crippen molar-refractivity contribution in [2.24, 2.45) is 5.92 Å². The number of halogens is 1. The van der Waals surface area contributed by atoms with E-state index in [2.05, 4.69) is 0 Å². The fraction of sp³-hybridized carbons (Fsp3) is 0.429. The molecule has 0 N–H and O–H groups in total. The Hall–Kier alpha value is -1.44. The minimum atomic E-state index is -3.56. The third-order valence-electron chi connectivity index (χ3n) is 3.95. The molecule has 2 saturated heterocycles. The van der Waals surface area contributed by atoms with Crippen LogP contribution in [0, 0.1) is 5.92 Å². The van der Waals surface area contributed by atoms with Crippen LogP contribution in [0.25, 0.3) is 0 Å². The molecule has 22 heavy (non-hydrogen) atoms. The molecule has 8 heteroatoms. The van der Waals surface area contributed by atoms with Crippen LogP contribution in [0.1, 0.15) is 12.8 Å². The van der Waals surface area contributed by atoms with Crippen LogP contribution in [0.4, 0.5) is 0 Å². The van der Waals surface area contributed by atoms with Crippen molar-refractivity contribution in [3.05, 3.63) is 29.3 Å². The van der Waals surface area contributed by atoms with E-state index in [-0.39, 0.29) is 35.5 Å². The lowest BCUT2D eigenvalue weighted by Crippen LogP contribution is -2.54. The van der Waals surface area contributed by atoms with E-state index >= 15 is 0 Å². The van der Waals surface area contributed by atoms with Gasteiger partial charge in [0.15, 0.2) is 0 Å². The Morgan fingerprint density at radius 1 is 1.14 bits per heavy atom. The minimum Gasteiger partial charge on any atom is -0.282 e. The van der Waals surface area contributed by atoms with Crippen LogP contribution in [0.15, 0.2) is 29.2 Å². The van der Waals surface area contributed by atoms with Crippen LogP contribution in [-0.2, 0) is 19.6 Å². The normalized spacial score (nSPS) is 20.5. The molecule has 0 radical (unpaired) electrons. The number of amides is 2. The van der Waals surface area contributed by atoms with Crippen molar-refractivity contribution in [2.75, 3.05) is 19.6 Å². The number of imide groups is 1. The van der Waals surface area contributed by atoms with E-state index in [1.54, 1.807) is 12.1 Å². The van der Waals surface area contributed by atoms with Gasteiger partial charge in [-0.15, -0.1) is 0 Å². The molecule has 2 fully saturated rings. The van der Waals surface area contributed by atoms with Gasteiger partial charge >= 0.3 is 0 Å². The molecule has 1 aromatic rings. The molecule has 0 aromatic heterocycles. The van der Waals surface area contributed by atoms with Crippen LogP contribution in [-0.4, -0.2) is 49.1 Å². The predicted molar refractivity (Wildman–Crippen MR) is 79.7 cm³/mol. The number of nitrogens with zero attached hydrogens (tertiary/aromatic N) is 2. The number of benzene rings is 1. The molecule has 0 saturated carbocycles. The first-order valence-electron chi connectivity index (χ1n) is 6.97. The van der Waals surface area contributed by atoms with Crippen molar-refractivity contribution in [2.45, 2.75) is 17.7 Å². The van der Waals surface area contributed by atoms with E-state index in [1.807, 2.05) is 0 Å². The van der Waals surface area contributed by atoms with E-state index < -0.39 is 10.0 Å². The van der Waals surface area contributed by atoms with Gasteiger partial charge in [0.1, 0.15) is 0 Å². The number of carbonyl (C=O) groups is 2. The molecule has 0 spiro atoms. The maximum atomic E-state index is 12.4. The first-order chi connectivity index (χ1) is 10.4. The largest absolute Gasteiger partial charge is 0.282 e. The zero-order chi connectivity index (χ0) is 15.9. The number of hydrogen-bond donors (Lipinski definition) is 0. The zero-order valence-corrected chi connectivity index (χ0v) is 13.3. The summed E-state index contributed by atoms with van der Waals surface area (Å²) in [6.07, 6.45) is 0.520. The summed E-state index contributed by atoms with van der Waals surface area (Å²) in [6, 6.07) is 6.12. The second-order valence-electron chi connectivity index (χ2n) is 5.54. The highest BCUT2D eigenvalue weighted by Crippen LogP contribution is 2.28. The Bertz CT molecular complexity index is 712. The molecular weight excluding hydrogens is 328 g/mol. The Morgan fingerprint density at radius 3 is 2.36 bits per heavy atom. The number of carbonyl (C=O) groups excluding carboxylic acids is 2. The van der Waals surface area contributed by atoms with E-state index in [1.165, 1.54) is 21.3 Å². The van der Waals surface area contributed by atoms with Gasteiger partial charge in [-0.2, -0.15) is 4.31 Å². The topological polar surface area (TPSA) is 74.8 Å². The average Bonchev–Trinajstić information content (AvgIpc) is 2.73. The maximum Gasteiger partial charge on any atom is 0.243 e. The summed E-state index contributed by atoms with van der Waals surface area (Å²) in [5.41, 5.74) is 0. The molecule has 0 unspecified atom stereocenters. The van der Waals surface area contributed by atoms with E-state index in [4.69, 9.17) is 11.6 Å². The quantitative estimate of drug-likeness (QED) is 0.768. The van der Waals surface area contributed by atoms with Crippen molar-refractivity contribution in [3.63, 3.8) is 0 Å². The first-order valence-corrected chi connectivity index (χ1v) is 8.78.